The lowest BCUT2D eigenvalue weighted by molar-refractivity contribution is 0.205. The summed E-state index contributed by atoms with van der Waals surface area (Å²) in [7, 11) is 0. The third kappa shape index (κ3) is 4.45. The van der Waals surface area contributed by atoms with Crippen molar-refractivity contribution in [3.8, 4) is 17.1 Å². The van der Waals surface area contributed by atoms with E-state index >= 15 is 0 Å². The third-order valence-electron chi connectivity index (χ3n) is 5.42. The fourth-order valence-corrected chi connectivity index (χ4v) is 3.68. The van der Waals surface area contributed by atoms with E-state index < -0.39 is 0 Å². The number of anilines is 1. The van der Waals surface area contributed by atoms with Crippen LogP contribution in [0.25, 0.3) is 11.4 Å². The average molecular weight is 418 g/mol. The molecule has 3 aromatic rings. The van der Waals surface area contributed by atoms with Gasteiger partial charge in [0.15, 0.2) is 0 Å². The van der Waals surface area contributed by atoms with Gasteiger partial charge >= 0.3 is 6.03 Å². The first-order valence-corrected chi connectivity index (χ1v) is 10.6. The number of fused-ring (bicyclic) bond motifs is 1. The molecule has 0 aliphatic carbocycles. The molecule has 0 saturated heterocycles. The van der Waals surface area contributed by atoms with Gasteiger partial charge in [0.2, 0.25) is 0 Å². The molecule has 2 N–H and O–H groups in total. The van der Waals surface area contributed by atoms with Crippen LogP contribution in [-0.4, -0.2) is 34.1 Å². The molecule has 0 bridgehead atoms. The van der Waals surface area contributed by atoms with Gasteiger partial charge in [0.25, 0.3) is 5.56 Å². The number of aryl methyl sites for hydroxylation is 1. The quantitative estimate of drug-likeness (QED) is 0.656. The van der Waals surface area contributed by atoms with E-state index in [-0.39, 0.29) is 18.1 Å². The van der Waals surface area contributed by atoms with Crippen molar-refractivity contribution in [2.75, 3.05) is 18.5 Å². The second-order valence-corrected chi connectivity index (χ2v) is 7.42. The highest BCUT2D eigenvalue weighted by Crippen LogP contribution is 2.25. The molecular formula is C24H26N4O3. The molecule has 7 nitrogen and oxygen atoms in total. The van der Waals surface area contributed by atoms with Gasteiger partial charge in [-0.2, -0.15) is 0 Å². The molecule has 1 aromatic heterocycles. The summed E-state index contributed by atoms with van der Waals surface area (Å²) in [6, 6.07) is 15.1. The SMILES string of the molecule is CCOc1ccccc1NC(=O)N1CCc2nc(-c3ccc(CC)cc3)[nH]c(=O)c2C1. The lowest BCUT2D eigenvalue weighted by atomic mass is 10.1. The Morgan fingerprint density at radius 3 is 2.68 bits per heavy atom. The van der Waals surface area contributed by atoms with Gasteiger partial charge in [0.05, 0.1) is 30.1 Å². The topological polar surface area (TPSA) is 87.3 Å². The van der Waals surface area contributed by atoms with Crippen molar-refractivity contribution < 1.29 is 9.53 Å². The van der Waals surface area contributed by atoms with Crippen LogP contribution in [0.15, 0.2) is 53.3 Å². The molecule has 2 aromatic carbocycles. The van der Waals surface area contributed by atoms with Crippen molar-refractivity contribution in [1.82, 2.24) is 14.9 Å². The zero-order valence-electron chi connectivity index (χ0n) is 17.8. The highest BCUT2D eigenvalue weighted by atomic mass is 16.5. The van der Waals surface area contributed by atoms with E-state index in [0.29, 0.717) is 42.4 Å². The number of para-hydroxylation sites is 2. The Balaban J connectivity index is 1.52. The second kappa shape index (κ2) is 9.04. The number of aromatic nitrogens is 2. The van der Waals surface area contributed by atoms with Crippen LogP contribution in [0.1, 0.15) is 30.7 Å². The molecule has 2 amide bonds. The number of hydrogen-bond donors (Lipinski definition) is 2. The van der Waals surface area contributed by atoms with Gasteiger partial charge in [0.1, 0.15) is 11.6 Å². The summed E-state index contributed by atoms with van der Waals surface area (Å²) < 4.78 is 5.57. The third-order valence-corrected chi connectivity index (χ3v) is 5.42. The molecule has 7 heteroatoms. The van der Waals surface area contributed by atoms with Gasteiger partial charge in [-0.05, 0) is 31.0 Å². The molecular weight excluding hydrogens is 392 g/mol. The van der Waals surface area contributed by atoms with E-state index in [2.05, 4.69) is 22.2 Å². The van der Waals surface area contributed by atoms with Gasteiger partial charge in [-0.15, -0.1) is 0 Å². The predicted octanol–water partition coefficient (Wildman–Crippen LogP) is 3.99. The minimum Gasteiger partial charge on any atom is -0.492 e. The lowest BCUT2D eigenvalue weighted by Crippen LogP contribution is -2.41. The van der Waals surface area contributed by atoms with Crippen molar-refractivity contribution in [2.45, 2.75) is 33.2 Å². The van der Waals surface area contributed by atoms with Gasteiger partial charge < -0.3 is 19.9 Å². The number of ether oxygens (including phenoxy) is 1. The predicted molar refractivity (Wildman–Crippen MR) is 120 cm³/mol. The van der Waals surface area contributed by atoms with Crippen molar-refractivity contribution in [3.05, 3.63) is 75.7 Å². The zero-order chi connectivity index (χ0) is 21.8. The van der Waals surface area contributed by atoms with E-state index in [1.165, 1.54) is 5.56 Å². The Morgan fingerprint density at radius 1 is 1.16 bits per heavy atom. The molecule has 1 aliphatic rings. The molecule has 0 fully saturated rings. The number of aromatic amines is 1. The molecule has 4 rings (SSSR count). The number of H-pyrrole nitrogens is 1. The summed E-state index contributed by atoms with van der Waals surface area (Å²) in [5.74, 6) is 1.18. The summed E-state index contributed by atoms with van der Waals surface area (Å²) >= 11 is 0. The molecule has 2 heterocycles. The van der Waals surface area contributed by atoms with Crippen LogP contribution in [-0.2, 0) is 19.4 Å². The van der Waals surface area contributed by atoms with Crippen LogP contribution in [0.4, 0.5) is 10.5 Å². The Morgan fingerprint density at radius 2 is 1.94 bits per heavy atom. The molecule has 0 spiro atoms. The maximum Gasteiger partial charge on any atom is 0.322 e. The second-order valence-electron chi connectivity index (χ2n) is 7.42. The van der Waals surface area contributed by atoms with E-state index in [0.717, 1.165) is 17.7 Å². The van der Waals surface area contributed by atoms with Crippen LogP contribution in [0.2, 0.25) is 0 Å². The largest absolute Gasteiger partial charge is 0.492 e. The minimum atomic E-state index is -0.267. The number of urea groups is 1. The number of hydrogen-bond acceptors (Lipinski definition) is 4. The van der Waals surface area contributed by atoms with Crippen molar-refractivity contribution >= 4 is 11.7 Å². The summed E-state index contributed by atoms with van der Waals surface area (Å²) in [5.41, 5.74) is 3.80. The van der Waals surface area contributed by atoms with E-state index in [1.807, 2.05) is 49.4 Å². The smallest absolute Gasteiger partial charge is 0.322 e. The lowest BCUT2D eigenvalue weighted by Gasteiger charge is -2.28. The molecule has 0 saturated carbocycles. The number of carbonyl (C=O) groups is 1. The van der Waals surface area contributed by atoms with Crippen LogP contribution >= 0.6 is 0 Å². The van der Waals surface area contributed by atoms with Crippen LogP contribution in [0, 0.1) is 0 Å². The number of nitrogens with one attached hydrogen (secondary N) is 2. The Hall–Kier alpha value is -3.61. The average Bonchev–Trinajstić information content (AvgIpc) is 2.80. The summed E-state index contributed by atoms with van der Waals surface area (Å²) in [6.07, 6.45) is 1.49. The number of benzene rings is 2. The molecule has 1 aliphatic heterocycles. The summed E-state index contributed by atoms with van der Waals surface area (Å²) in [5, 5.41) is 2.89. The van der Waals surface area contributed by atoms with Crippen LogP contribution in [0.5, 0.6) is 5.75 Å². The molecule has 31 heavy (non-hydrogen) atoms. The van der Waals surface area contributed by atoms with E-state index in [1.54, 1.807) is 11.0 Å². The van der Waals surface area contributed by atoms with Crippen LogP contribution < -0.4 is 15.6 Å². The first-order valence-electron chi connectivity index (χ1n) is 10.6. The maximum atomic E-state index is 12.8. The fraction of sp³-hybridized carbons (Fsp3) is 0.292. The van der Waals surface area contributed by atoms with Crippen molar-refractivity contribution in [2.24, 2.45) is 0 Å². The zero-order valence-corrected chi connectivity index (χ0v) is 17.8. The summed E-state index contributed by atoms with van der Waals surface area (Å²) in [6.45, 7) is 5.21. The van der Waals surface area contributed by atoms with Gasteiger partial charge in [-0.1, -0.05) is 43.3 Å². The molecule has 0 atom stereocenters. The van der Waals surface area contributed by atoms with E-state index in [4.69, 9.17) is 4.74 Å². The van der Waals surface area contributed by atoms with Gasteiger partial charge in [-0.3, -0.25) is 4.79 Å². The van der Waals surface area contributed by atoms with Crippen molar-refractivity contribution in [3.63, 3.8) is 0 Å². The molecule has 0 radical (unpaired) electrons. The Kier molecular flexibility index (Phi) is 6.02. The number of carbonyl (C=O) groups excluding carboxylic acids is 1. The molecule has 0 unspecified atom stereocenters. The van der Waals surface area contributed by atoms with Gasteiger partial charge in [-0.25, -0.2) is 9.78 Å². The highest BCUT2D eigenvalue weighted by Gasteiger charge is 2.25. The van der Waals surface area contributed by atoms with Crippen LogP contribution in [0.3, 0.4) is 0 Å². The Labute approximate surface area is 181 Å². The monoisotopic (exact) mass is 418 g/mol. The number of rotatable bonds is 5. The maximum absolute atomic E-state index is 12.8. The standard InChI is InChI=1S/C24H26N4O3/c1-3-16-9-11-17(12-10-16)22-25-19-13-14-28(15-18(19)23(29)27-22)24(30)26-20-7-5-6-8-21(20)31-4-2/h5-12H,3-4,13-15H2,1-2H3,(H,26,30)(H,25,27,29). The fourth-order valence-electron chi connectivity index (χ4n) is 3.68. The van der Waals surface area contributed by atoms with E-state index in [9.17, 15) is 9.59 Å². The summed E-state index contributed by atoms with van der Waals surface area (Å²) in [4.78, 5) is 34.8. The van der Waals surface area contributed by atoms with Gasteiger partial charge in [0, 0.05) is 18.5 Å². The highest BCUT2D eigenvalue weighted by molar-refractivity contribution is 5.91. The Bertz CT molecular complexity index is 1140. The number of nitrogens with zero attached hydrogens (tertiary/aromatic N) is 2. The normalized spacial score (nSPS) is 12.9. The minimum absolute atomic E-state index is 0.202. The first-order chi connectivity index (χ1) is 15.1. The first kappa shape index (κ1) is 20.7. The van der Waals surface area contributed by atoms with Crippen molar-refractivity contribution in [1.29, 1.82) is 0 Å². The number of amides is 2. The molecule has 160 valence electrons.